The predicted octanol–water partition coefficient (Wildman–Crippen LogP) is 1.82. The van der Waals surface area contributed by atoms with Gasteiger partial charge in [0.25, 0.3) is 0 Å². The number of amides is 1. The number of likely N-dealkylation sites (tertiary alicyclic amines) is 1. The maximum absolute atomic E-state index is 11.3. The molecule has 68 valence electrons. The molecule has 12 heavy (non-hydrogen) atoms. The minimum Gasteiger partial charge on any atom is -0.336 e. The molecule has 2 heteroatoms. The summed E-state index contributed by atoms with van der Waals surface area (Å²) in [6.07, 6.45) is 3.71. The van der Waals surface area contributed by atoms with E-state index in [0.717, 1.165) is 19.4 Å². The van der Waals surface area contributed by atoms with E-state index in [1.54, 1.807) is 0 Å². The first kappa shape index (κ1) is 9.30. The average molecular weight is 167 g/mol. The number of rotatable bonds is 2. The van der Waals surface area contributed by atoms with Gasteiger partial charge in [0.2, 0.25) is 5.91 Å². The van der Waals surface area contributed by atoms with Crippen molar-refractivity contribution >= 4 is 5.91 Å². The van der Waals surface area contributed by atoms with Crippen LogP contribution in [0, 0.1) is 5.92 Å². The summed E-state index contributed by atoms with van der Waals surface area (Å²) in [7, 11) is 0. The molecule has 1 fully saturated rings. The summed E-state index contributed by atoms with van der Waals surface area (Å²) in [5.74, 6) is 0.655. The van der Waals surface area contributed by atoms with Gasteiger partial charge >= 0.3 is 0 Å². The summed E-state index contributed by atoms with van der Waals surface area (Å²) in [6.45, 7) is 8.75. The van der Waals surface area contributed by atoms with Gasteiger partial charge in [0.05, 0.1) is 0 Å². The molecule has 1 amide bonds. The Morgan fingerprint density at radius 3 is 2.83 bits per heavy atom. The number of carbonyl (C=O) groups excluding carboxylic acids is 1. The quantitative estimate of drug-likeness (QED) is 0.574. The van der Waals surface area contributed by atoms with Crippen LogP contribution in [0.2, 0.25) is 0 Å². The Labute approximate surface area is 74.2 Å². The highest BCUT2D eigenvalue weighted by Gasteiger charge is 2.28. The van der Waals surface area contributed by atoms with Crippen molar-refractivity contribution in [3.8, 4) is 0 Å². The monoisotopic (exact) mass is 167 g/mol. The minimum absolute atomic E-state index is 0.0891. The number of nitrogens with zero attached hydrogens (tertiary/aromatic N) is 1. The van der Waals surface area contributed by atoms with E-state index >= 15 is 0 Å². The molecule has 0 bridgehead atoms. The first-order valence-electron chi connectivity index (χ1n) is 4.60. The molecule has 0 N–H and O–H groups in total. The fraction of sp³-hybridized carbons (Fsp3) is 0.700. The highest BCUT2D eigenvalue weighted by atomic mass is 16.2. The molecule has 1 saturated heterocycles. The van der Waals surface area contributed by atoms with Crippen molar-refractivity contribution in [2.45, 2.75) is 32.7 Å². The van der Waals surface area contributed by atoms with Crippen molar-refractivity contribution in [1.82, 2.24) is 4.90 Å². The Morgan fingerprint density at radius 2 is 2.33 bits per heavy atom. The second-order valence-electron chi connectivity index (χ2n) is 3.69. The molecule has 1 aliphatic rings. The number of carbonyl (C=O) groups is 1. The molecule has 1 aliphatic heterocycles. The third-order valence-electron chi connectivity index (χ3n) is 2.53. The van der Waals surface area contributed by atoms with Crippen LogP contribution in [-0.4, -0.2) is 23.4 Å². The maximum Gasteiger partial charge on any atom is 0.246 e. The van der Waals surface area contributed by atoms with Crippen molar-refractivity contribution in [2.75, 3.05) is 6.54 Å². The average Bonchev–Trinajstić information content (AvgIpc) is 2.50. The first-order valence-corrected chi connectivity index (χ1v) is 4.60. The van der Waals surface area contributed by atoms with E-state index in [2.05, 4.69) is 20.4 Å². The lowest BCUT2D eigenvalue weighted by molar-refractivity contribution is -0.127. The second-order valence-corrected chi connectivity index (χ2v) is 3.69. The van der Waals surface area contributed by atoms with E-state index < -0.39 is 0 Å². The van der Waals surface area contributed by atoms with Gasteiger partial charge in [-0.2, -0.15) is 0 Å². The Balaban J connectivity index is 2.63. The topological polar surface area (TPSA) is 20.3 Å². The Kier molecular flexibility index (Phi) is 2.90. The van der Waals surface area contributed by atoms with Gasteiger partial charge in [0, 0.05) is 12.6 Å². The van der Waals surface area contributed by atoms with Crippen LogP contribution in [0.25, 0.3) is 0 Å². The van der Waals surface area contributed by atoms with Gasteiger partial charge in [-0.15, -0.1) is 0 Å². The van der Waals surface area contributed by atoms with Crippen molar-refractivity contribution in [1.29, 1.82) is 0 Å². The first-order chi connectivity index (χ1) is 5.66. The van der Waals surface area contributed by atoms with Crippen molar-refractivity contribution in [3.63, 3.8) is 0 Å². The zero-order valence-corrected chi connectivity index (χ0v) is 7.92. The Bertz CT molecular complexity index is 186. The third-order valence-corrected chi connectivity index (χ3v) is 2.53. The Morgan fingerprint density at radius 1 is 1.67 bits per heavy atom. The van der Waals surface area contributed by atoms with E-state index in [4.69, 9.17) is 0 Å². The van der Waals surface area contributed by atoms with Crippen LogP contribution in [-0.2, 0) is 4.79 Å². The van der Waals surface area contributed by atoms with E-state index in [1.807, 2.05) is 4.90 Å². The third kappa shape index (κ3) is 1.68. The van der Waals surface area contributed by atoms with Crippen LogP contribution < -0.4 is 0 Å². The van der Waals surface area contributed by atoms with Crippen LogP contribution in [0.3, 0.4) is 0 Å². The van der Waals surface area contributed by atoms with E-state index in [0.29, 0.717) is 12.0 Å². The van der Waals surface area contributed by atoms with E-state index in [1.165, 1.54) is 6.08 Å². The van der Waals surface area contributed by atoms with Gasteiger partial charge in [0.15, 0.2) is 0 Å². The van der Waals surface area contributed by atoms with Gasteiger partial charge in [-0.05, 0) is 24.8 Å². The lowest BCUT2D eigenvalue weighted by atomic mass is 10.0. The second kappa shape index (κ2) is 3.74. The maximum atomic E-state index is 11.3. The van der Waals surface area contributed by atoms with Crippen molar-refractivity contribution in [2.24, 2.45) is 5.92 Å². The highest BCUT2D eigenvalue weighted by Crippen LogP contribution is 2.23. The molecule has 1 heterocycles. The lowest BCUT2D eigenvalue weighted by Crippen LogP contribution is -2.37. The lowest BCUT2D eigenvalue weighted by Gasteiger charge is -2.26. The molecule has 0 radical (unpaired) electrons. The van der Waals surface area contributed by atoms with Crippen LogP contribution in [0.4, 0.5) is 0 Å². The molecule has 0 spiro atoms. The largest absolute Gasteiger partial charge is 0.336 e. The molecule has 1 rings (SSSR count). The molecule has 0 unspecified atom stereocenters. The molecule has 0 aromatic carbocycles. The molecular weight excluding hydrogens is 150 g/mol. The van der Waals surface area contributed by atoms with E-state index in [9.17, 15) is 4.79 Å². The van der Waals surface area contributed by atoms with Crippen LogP contribution >= 0.6 is 0 Å². The van der Waals surface area contributed by atoms with Gasteiger partial charge < -0.3 is 4.90 Å². The Hall–Kier alpha value is -0.790. The van der Waals surface area contributed by atoms with Gasteiger partial charge in [-0.1, -0.05) is 20.4 Å². The minimum atomic E-state index is 0.0891. The van der Waals surface area contributed by atoms with Gasteiger partial charge in [-0.3, -0.25) is 4.79 Å². The van der Waals surface area contributed by atoms with Crippen LogP contribution in [0.5, 0.6) is 0 Å². The SMILES string of the molecule is C=CC(=O)N1CCC[C@H]1C(C)C. The summed E-state index contributed by atoms with van der Waals surface area (Å²) in [5, 5.41) is 0. The molecule has 0 aromatic heterocycles. The fourth-order valence-electron chi connectivity index (χ4n) is 1.88. The number of hydrogen-bond donors (Lipinski definition) is 0. The molecule has 2 nitrogen and oxygen atoms in total. The molecule has 1 atom stereocenters. The molecule has 0 saturated carbocycles. The van der Waals surface area contributed by atoms with Crippen molar-refractivity contribution in [3.05, 3.63) is 12.7 Å². The van der Waals surface area contributed by atoms with Gasteiger partial charge in [0.1, 0.15) is 0 Å². The standard InChI is InChI=1S/C10H17NO/c1-4-10(12)11-7-5-6-9(11)8(2)3/h4,8-9H,1,5-7H2,2-3H3/t9-/m0/s1. The fourth-order valence-corrected chi connectivity index (χ4v) is 1.88. The smallest absolute Gasteiger partial charge is 0.246 e. The van der Waals surface area contributed by atoms with Crippen LogP contribution in [0.1, 0.15) is 26.7 Å². The predicted molar refractivity (Wildman–Crippen MR) is 49.8 cm³/mol. The zero-order valence-electron chi connectivity index (χ0n) is 7.92. The summed E-state index contributed by atoms with van der Waals surface area (Å²) in [5.41, 5.74) is 0. The van der Waals surface area contributed by atoms with Gasteiger partial charge in [-0.25, -0.2) is 0 Å². The summed E-state index contributed by atoms with van der Waals surface area (Å²) in [6, 6.07) is 0.440. The summed E-state index contributed by atoms with van der Waals surface area (Å²) >= 11 is 0. The number of hydrogen-bond acceptors (Lipinski definition) is 1. The van der Waals surface area contributed by atoms with E-state index in [-0.39, 0.29) is 5.91 Å². The molecular formula is C10H17NO. The zero-order chi connectivity index (χ0) is 9.14. The molecule has 0 aromatic rings. The summed E-state index contributed by atoms with van der Waals surface area (Å²) in [4.78, 5) is 13.3. The molecule has 0 aliphatic carbocycles. The van der Waals surface area contributed by atoms with Crippen molar-refractivity contribution < 1.29 is 4.79 Å². The summed E-state index contributed by atoms with van der Waals surface area (Å²) < 4.78 is 0. The van der Waals surface area contributed by atoms with Crippen LogP contribution in [0.15, 0.2) is 12.7 Å². The highest BCUT2D eigenvalue weighted by molar-refractivity contribution is 5.87. The normalized spacial score (nSPS) is 23.2.